The molecule has 0 aromatic heterocycles. The molecule has 64 heavy (non-hydrogen) atoms. The van der Waals surface area contributed by atoms with E-state index in [0.717, 1.165) is 38.5 Å². The van der Waals surface area contributed by atoms with Crippen LogP contribution in [0.5, 0.6) is 0 Å². The molecule has 0 radical (unpaired) electrons. The normalized spacial score (nSPS) is 13.0. The summed E-state index contributed by atoms with van der Waals surface area (Å²) >= 11 is 0. The van der Waals surface area contributed by atoms with Gasteiger partial charge >= 0.3 is 0 Å². The molecule has 3 N–H and O–H groups in total. The first-order valence-corrected chi connectivity index (χ1v) is 29.2. The number of carbonyl (C=O) groups is 1. The van der Waals surface area contributed by atoms with E-state index in [9.17, 15) is 15.0 Å². The van der Waals surface area contributed by atoms with Crippen LogP contribution in [0.25, 0.3) is 0 Å². The van der Waals surface area contributed by atoms with E-state index >= 15 is 0 Å². The summed E-state index contributed by atoms with van der Waals surface area (Å²) in [5, 5.41) is 23.3. The number of rotatable bonds is 54. The largest absolute Gasteiger partial charge is 0.394 e. The second kappa shape index (κ2) is 55.9. The zero-order chi connectivity index (χ0) is 46.3. The number of amides is 1. The molecule has 0 aromatic rings. The van der Waals surface area contributed by atoms with Crippen molar-refractivity contribution in [1.82, 2.24) is 5.32 Å². The van der Waals surface area contributed by atoms with Crippen molar-refractivity contribution in [3.05, 3.63) is 36.5 Å². The van der Waals surface area contributed by atoms with E-state index in [1.165, 1.54) is 257 Å². The Bertz CT molecular complexity index is 974. The Hall–Kier alpha value is -1.39. The number of nitrogens with one attached hydrogen (secondary N) is 1. The molecule has 2 unspecified atom stereocenters. The highest BCUT2D eigenvalue weighted by Crippen LogP contribution is 2.18. The lowest BCUT2D eigenvalue weighted by Crippen LogP contribution is -2.45. The fourth-order valence-electron chi connectivity index (χ4n) is 9.20. The molecule has 4 heteroatoms. The molecule has 0 saturated heterocycles. The van der Waals surface area contributed by atoms with Gasteiger partial charge in [-0.1, -0.05) is 301 Å². The Morgan fingerprint density at radius 3 is 0.953 bits per heavy atom. The second-order valence-electron chi connectivity index (χ2n) is 20.1. The van der Waals surface area contributed by atoms with E-state index in [-0.39, 0.29) is 12.5 Å². The van der Waals surface area contributed by atoms with E-state index in [1.54, 1.807) is 0 Å². The predicted octanol–water partition coefficient (Wildman–Crippen LogP) is 19.3. The summed E-state index contributed by atoms with van der Waals surface area (Å²) in [4.78, 5) is 12.5. The summed E-state index contributed by atoms with van der Waals surface area (Å²) in [6.45, 7) is 4.37. The molecule has 2 atom stereocenters. The van der Waals surface area contributed by atoms with E-state index in [2.05, 4.69) is 55.6 Å². The Balaban J connectivity index is 3.39. The Morgan fingerprint density at radius 2 is 0.641 bits per heavy atom. The van der Waals surface area contributed by atoms with Crippen LogP contribution in [0.4, 0.5) is 0 Å². The maximum atomic E-state index is 12.5. The quantitative estimate of drug-likeness (QED) is 0.0421. The van der Waals surface area contributed by atoms with Crippen molar-refractivity contribution in [2.24, 2.45) is 0 Å². The van der Waals surface area contributed by atoms with Crippen LogP contribution in [0, 0.1) is 0 Å². The molecular formula is C60H115NO3. The van der Waals surface area contributed by atoms with Gasteiger partial charge in [-0.15, -0.1) is 0 Å². The molecule has 0 aliphatic carbocycles. The lowest BCUT2D eigenvalue weighted by molar-refractivity contribution is -0.123. The molecule has 0 bridgehead atoms. The number of aliphatic hydroxyl groups excluding tert-OH is 2. The number of carbonyl (C=O) groups excluding carboxylic acids is 1. The Morgan fingerprint density at radius 1 is 0.375 bits per heavy atom. The van der Waals surface area contributed by atoms with Gasteiger partial charge in [0.15, 0.2) is 0 Å². The van der Waals surface area contributed by atoms with E-state index in [0.29, 0.717) is 12.8 Å². The number of allylic oxidation sites excluding steroid dienone is 6. The number of hydrogen-bond acceptors (Lipinski definition) is 3. The fourth-order valence-corrected chi connectivity index (χ4v) is 9.20. The number of aliphatic hydroxyl groups is 2. The van der Waals surface area contributed by atoms with Crippen molar-refractivity contribution < 1.29 is 15.0 Å². The Kier molecular flexibility index (Phi) is 54.7. The van der Waals surface area contributed by atoms with Gasteiger partial charge in [0.1, 0.15) is 0 Å². The minimum atomic E-state index is -0.657. The minimum absolute atomic E-state index is 0.0258. The van der Waals surface area contributed by atoms with Crippen molar-refractivity contribution in [2.45, 2.75) is 334 Å². The smallest absolute Gasteiger partial charge is 0.220 e. The van der Waals surface area contributed by atoms with Gasteiger partial charge in [-0.25, -0.2) is 0 Å². The van der Waals surface area contributed by atoms with Crippen LogP contribution in [-0.4, -0.2) is 34.9 Å². The van der Waals surface area contributed by atoms with Crippen molar-refractivity contribution in [3.8, 4) is 0 Å². The summed E-state index contributed by atoms with van der Waals surface area (Å²) in [7, 11) is 0. The summed E-state index contributed by atoms with van der Waals surface area (Å²) in [6, 6.07) is -0.534. The molecule has 0 aliphatic heterocycles. The maximum Gasteiger partial charge on any atom is 0.220 e. The number of unbranched alkanes of at least 4 members (excludes halogenated alkanes) is 41. The maximum absolute atomic E-state index is 12.5. The monoisotopic (exact) mass is 898 g/mol. The van der Waals surface area contributed by atoms with E-state index in [4.69, 9.17) is 0 Å². The third-order valence-electron chi connectivity index (χ3n) is 13.7. The highest BCUT2D eigenvalue weighted by Gasteiger charge is 2.20. The van der Waals surface area contributed by atoms with Gasteiger partial charge in [0.25, 0.3) is 0 Å². The van der Waals surface area contributed by atoms with Gasteiger partial charge in [0.2, 0.25) is 5.91 Å². The van der Waals surface area contributed by atoms with Crippen LogP contribution >= 0.6 is 0 Å². The average Bonchev–Trinajstić information content (AvgIpc) is 3.30. The zero-order valence-electron chi connectivity index (χ0n) is 43.6. The minimum Gasteiger partial charge on any atom is -0.394 e. The Labute approximate surface area is 402 Å². The van der Waals surface area contributed by atoms with Crippen molar-refractivity contribution in [3.63, 3.8) is 0 Å². The predicted molar refractivity (Wildman–Crippen MR) is 285 cm³/mol. The standard InChI is InChI=1S/C60H115NO3/c1-3-5-7-9-11-13-15-17-19-20-21-22-23-24-25-26-27-28-29-30-31-32-33-34-35-36-37-38-39-40-42-44-46-48-50-52-54-56-60(64)61-58(57-62)59(63)55-53-51-49-47-45-43-41-18-16-14-12-10-8-6-4-2/h15,17,20-21,23-24,58-59,62-63H,3-14,16,18-19,22,25-57H2,1-2H3,(H,61,64)/b17-15-,21-20-,24-23-. The van der Waals surface area contributed by atoms with Crippen molar-refractivity contribution in [1.29, 1.82) is 0 Å². The van der Waals surface area contributed by atoms with Crippen LogP contribution in [0.2, 0.25) is 0 Å². The molecule has 1 amide bonds. The van der Waals surface area contributed by atoms with Gasteiger partial charge in [0, 0.05) is 6.42 Å². The molecule has 0 spiro atoms. The SMILES string of the molecule is CCCCCCC/C=C\C/C=C\C/C=C\CCCCCCCCCCCCCCCCCCCCCCCCC(=O)NC(CO)C(O)CCCCCCCCCCCCCCCCC. The van der Waals surface area contributed by atoms with Crippen LogP contribution in [0.1, 0.15) is 322 Å². The highest BCUT2D eigenvalue weighted by atomic mass is 16.3. The van der Waals surface area contributed by atoms with Gasteiger partial charge in [-0.05, 0) is 51.4 Å². The van der Waals surface area contributed by atoms with Gasteiger partial charge in [-0.2, -0.15) is 0 Å². The molecule has 0 rings (SSSR count). The van der Waals surface area contributed by atoms with Crippen molar-refractivity contribution in [2.75, 3.05) is 6.61 Å². The molecule has 378 valence electrons. The molecule has 0 aliphatic rings. The molecule has 0 heterocycles. The van der Waals surface area contributed by atoms with E-state index in [1.807, 2.05) is 0 Å². The van der Waals surface area contributed by atoms with E-state index < -0.39 is 12.1 Å². The van der Waals surface area contributed by atoms with Gasteiger partial charge in [0.05, 0.1) is 18.8 Å². The second-order valence-corrected chi connectivity index (χ2v) is 20.1. The molecule has 0 fully saturated rings. The summed E-state index contributed by atoms with van der Waals surface area (Å²) in [6.07, 6.45) is 75.8. The summed E-state index contributed by atoms with van der Waals surface area (Å²) in [5.74, 6) is -0.0258. The van der Waals surface area contributed by atoms with Gasteiger partial charge < -0.3 is 15.5 Å². The first kappa shape index (κ1) is 62.6. The lowest BCUT2D eigenvalue weighted by Gasteiger charge is -2.22. The third kappa shape index (κ3) is 51.6. The number of hydrogen-bond donors (Lipinski definition) is 3. The van der Waals surface area contributed by atoms with Crippen molar-refractivity contribution >= 4 is 5.91 Å². The third-order valence-corrected chi connectivity index (χ3v) is 13.7. The van der Waals surface area contributed by atoms with Crippen LogP contribution in [0.15, 0.2) is 36.5 Å². The molecular weight excluding hydrogens is 783 g/mol. The average molecular weight is 899 g/mol. The van der Waals surface area contributed by atoms with Crippen LogP contribution < -0.4 is 5.32 Å². The molecule has 0 saturated carbocycles. The molecule has 4 nitrogen and oxygen atoms in total. The topological polar surface area (TPSA) is 69.6 Å². The highest BCUT2D eigenvalue weighted by molar-refractivity contribution is 5.76. The first-order valence-electron chi connectivity index (χ1n) is 29.2. The van der Waals surface area contributed by atoms with Crippen LogP contribution in [-0.2, 0) is 4.79 Å². The molecule has 0 aromatic carbocycles. The summed E-state index contributed by atoms with van der Waals surface area (Å²) < 4.78 is 0. The van der Waals surface area contributed by atoms with Crippen LogP contribution in [0.3, 0.4) is 0 Å². The lowest BCUT2D eigenvalue weighted by atomic mass is 10.0. The first-order chi connectivity index (χ1) is 31.7. The summed E-state index contributed by atoms with van der Waals surface area (Å²) in [5.41, 5.74) is 0. The van der Waals surface area contributed by atoms with Gasteiger partial charge in [-0.3, -0.25) is 4.79 Å². The zero-order valence-corrected chi connectivity index (χ0v) is 43.6. The fraction of sp³-hybridized carbons (Fsp3) is 0.883.